The van der Waals surface area contributed by atoms with Gasteiger partial charge < -0.3 is 4.90 Å². The van der Waals surface area contributed by atoms with E-state index in [2.05, 4.69) is 20.4 Å². The van der Waals surface area contributed by atoms with E-state index in [9.17, 15) is 4.79 Å². The van der Waals surface area contributed by atoms with Gasteiger partial charge in [-0.2, -0.15) is 0 Å². The number of rotatable bonds is 2. The van der Waals surface area contributed by atoms with Crippen LogP contribution in [0.1, 0.15) is 27.2 Å². The Labute approximate surface area is 80.6 Å². The molecule has 0 aromatic carbocycles. The third kappa shape index (κ3) is 2.33. The summed E-state index contributed by atoms with van der Waals surface area (Å²) in [7, 11) is 0. The van der Waals surface area contributed by atoms with Crippen molar-refractivity contribution in [2.24, 2.45) is 11.8 Å². The standard InChI is InChI=1S/C11H19NO/c1-8(2)10(4)11(13)12-6-5-9(3)7-12/h8,10H,3,5-7H2,1-2,4H3/t10-/m0/s1. The van der Waals surface area contributed by atoms with Gasteiger partial charge in [-0.1, -0.05) is 32.9 Å². The zero-order valence-corrected chi connectivity index (χ0v) is 8.84. The van der Waals surface area contributed by atoms with Crippen LogP contribution < -0.4 is 0 Å². The van der Waals surface area contributed by atoms with Gasteiger partial charge in [0.05, 0.1) is 0 Å². The van der Waals surface area contributed by atoms with Crippen molar-refractivity contribution in [2.45, 2.75) is 27.2 Å². The molecule has 0 aromatic heterocycles. The molecule has 0 unspecified atom stereocenters. The molecule has 0 bridgehead atoms. The van der Waals surface area contributed by atoms with Crippen LogP contribution in [0.5, 0.6) is 0 Å². The van der Waals surface area contributed by atoms with Crippen LogP contribution in [0.15, 0.2) is 12.2 Å². The summed E-state index contributed by atoms with van der Waals surface area (Å²) >= 11 is 0. The molecule has 1 atom stereocenters. The Morgan fingerprint density at radius 1 is 1.46 bits per heavy atom. The minimum absolute atomic E-state index is 0.144. The third-order valence-electron chi connectivity index (χ3n) is 2.85. The highest BCUT2D eigenvalue weighted by molar-refractivity contribution is 5.79. The summed E-state index contributed by atoms with van der Waals surface area (Å²) in [6.45, 7) is 11.7. The Balaban J connectivity index is 2.53. The molecule has 13 heavy (non-hydrogen) atoms. The number of nitrogens with zero attached hydrogens (tertiary/aromatic N) is 1. The molecule has 0 N–H and O–H groups in total. The van der Waals surface area contributed by atoms with Crippen LogP contribution >= 0.6 is 0 Å². The van der Waals surface area contributed by atoms with Crippen molar-refractivity contribution < 1.29 is 4.79 Å². The lowest BCUT2D eigenvalue weighted by Gasteiger charge is -2.22. The first-order valence-electron chi connectivity index (χ1n) is 4.97. The first-order chi connectivity index (χ1) is 6.02. The number of likely N-dealkylation sites (tertiary alicyclic amines) is 1. The molecular weight excluding hydrogens is 162 g/mol. The van der Waals surface area contributed by atoms with Gasteiger partial charge in [-0.25, -0.2) is 0 Å². The molecule has 0 spiro atoms. The van der Waals surface area contributed by atoms with Crippen molar-refractivity contribution in [1.82, 2.24) is 4.90 Å². The van der Waals surface area contributed by atoms with E-state index in [0.29, 0.717) is 5.92 Å². The van der Waals surface area contributed by atoms with E-state index in [1.807, 2.05) is 11.8 Å². The van der Waals surface area contributed by atoms with E-state index < -0.39 is 0 Å². The highest BCUT2D eigenvalue weighted by Gasteiger charge is 2.26. The van der Waals surface area contributed by atoms with Gasteiger partial charge in [0.1, 0.15) is 0 Å². The molecule has 2 nitrogen and oxygen atoms in total. The van der Waals surface area contributed by atoms with Gasteiger partial charge in [-0.05, 0) is 12.3 Å². The lowest BCUT2D eigenvalue weighted by atomic mass is 9.97. The normalized spacial score (nSPS) is 19.7. The zero-order chi connectivity index (χ0) is 10.0. The Morgan fingerprint density at radius 2 is 2.08 bits per heavy atom. The predicted molar refractivity (Wildman–Crippen MR) is 54.3 cm³/mol. The quantitative estimate of drug-likeness (QED) is 0.597. The SMILES string of the molecule is C=C1CCN(C(=O)[C@@H](C)C(C)C)C1. The summed E-state index contributed by atoms with van der Waals surface area (Å²) < 4.78 is 0. The average Bonchev–Trinajstić information content (AvgIpc) is 2.49. The summed E-state index contributed by atoms with van der Waals surface area (Å²) in [4.78, 5) is 13.7. The first-order valence-corrected chi connectivity index (χ1v) is 4.97. The minimum atomic E-state index is 0.144. The van der Waals surface area contributed by atoms with Gasteiger partial charge in [-0.3, -0.25) is 4.79 Å². The summed E-state index contributed by atoms with van der Waals surface area (Å²) in [6, 6.07) is 0. The number of hydrogen-bond donors (Lipinski definition) is 0. The van der Waals surface area contributed by atoms with Gasteiger partial charge in [0.15, 0.2) is 0 Å². The monoisotopic (exact) mass is 181 g/mol. The van der Waals surface area contributed by atoms with Crippen molar-refractivity contribution in [3.63, 3.8) is 0 Å². The Morgan fingerprint density at radius 3 is 2.46 bits per heavy atom. The molecule has 0 aromatic rings. The van der Waals surface area contributed by atoms with Gasteiger partial charge in [0.25, 0.3) is 0 Å². The van der Waals surface area contributed by atoms with E-state index in [-0.39, 0.29) is 11.8 Å². The van der Waals surface area contributed by atoms with Gasteiger partial charge in [0, 0.05) is 19.0 Å². The van der Waals surface area contributed by atoms with E-state index in [1.165, 1.54) is 5.57 Å². The lowest BCUT2D eigenvalue weighted by Crippen LogP contribution is -2.34. The fourth-order valence-electron chi connectivity index (χ4n) is 1.48. The summed E-state index contributed by atoms with van der Waals surface area (Å²) in [5.41, 5.74) is 1.18. The average molecular weight is 181 g/mol. The molecule has 1 amide bonds. The zero-order valence-electron chi connectivity index (χ0n) is 8.84. The third-order valence-corrected chi connectivity index (χ3v) is 2.85. The van der Waals surface area contributed by atoms with Crippen molar-refractivity contribution >= 4 is 5.91 Å². The Bertz CT molecular complexity index is 220. The van der Waals surface area contributed by atoms with Crippen molar-refractivity contribution in [3.8, 4) is 0 Å². The fraction of sp³-hybridized carbons (Fsp3) is 0.727. The number of amides is 1. The topological polar surface area (TPSA) is 20.3 Å². The van der Waals surface area contributed by atoms with Gasteiger partial charge in [-0.15, -0.1) is 0 Å². The maximum atomic E-state index is 11.8. The second kappa shape index (κ2) is 3.95. The number of carbonyl (C=O) groups is 1. The number of hydrogen-bond acceptors (Lipinski definition) is 1. The first kappa shape index (κ1) is 10.3. The van der Waals surface area contributed by atoms with Gasteiger partial charge in [0.2, 0.25) is 5.91 Å². The molecular formula is C11H19NO. The van der Waals surface area contributed by atoms with Crippen LogP contribution in [0.3, 0.4) is 0 Å². The molecule has 0 saturated carbocycles. The van der Waals surface area contributed by atoms with Crippen LogP contribution in [0.4, 0.5) is 0 Å². The van der Waals surface area contributed by atoms with Crippen LogP contribution in [-0.2, 0) is 4.79 Å². The van der Waals surface area contributed by atoms with Crippen LogP contribution in [0, 0.1) is 11.8 Å². The second-order valence-electron chi connectivity index (χ2n) is 4.29. The van der Waals surface area contributed by atoms with Crippen LogP contribution in [0.2, 0.25) is 0 Å². The molecule has 1 fully saturated rings. The molecule has 0 radical (unpaired) electrons. The largest absolute Gasteiger partial charge is 0.338 e. The van der Waals surface area contributed by atoms with Crippen molar-refractivity contribution in [2.75, 3.05) is 13.1 Å². The van der Waals surface area contributed by atoms with Crippen molar-refractivity contribution in [3.05, 3.63) is 12.2 Å². The molecule has 0 aliphatic carbocycles. The van der Waals surface area contributed by atoms with E-state index in [1.54, 1.807) is 0 Å². The van der Waals surface area contributed by atoms with Crippen LogP contribution in [0.25, 0.3) is 0 Å². The Hall–Kier alpha value is -0.790. The summed E-state index contributed by atoms with van der Waals surface area (Å²) in [5, 5.41) is 0. The Kier molecular flexibility index (Phi) is 3.12. The lowest BCUT2D eigenvalue weighted by molar-refractivity contribution is -0.135. The van der Waals surface area contributed by atoms with E-state index in [4.69, 9.17) is 0 Å². The van der Waals surface area contributed by atoms with E-state index in [0.717, 1.165) is 19.5 Å². The smallest absolute Gasteiger partial charge is 0.225 e. The highest BCUT2D eigenvalue weighted by atomic mass is 16.2. The van der Waals surface area contributed by atoms with Gasteiger partial charge >= 0.3 is 0 Å². The number of carbonyl (C=O) groups excluding carboxylic acids is 1. The molecule has 1 heterocycles. The fourth-order valence-corrected chi connectivity index (χ4v) is 1.48. The maximum absolute atomic E-state index is 11.8. The highest BCUT2D eigenvalue weighted by Crippen LogP contribution is 2.19. The molecule has 1 aliphatic rings. The second-order valence-corrected chi connectivity index (χ2v) is 4.29. The molecule has 1 saturated heterocycles. The predicted octanol–water partition coefficient (Wildman–Crippen LogP) is 2.07. The van der Waals surface area contributed by atoms with Crippen LogP contribution in [-0.4, -0.2) is 23.9 Å². The van der Waals surface area contributed by atoms with Crippen molar-refractivity contribution in [1.29, 1.82) is 0 Å². The molecule has 1 aliphatic heterocycles. The summed E-state index contributed by atoms with van der Waals surface area (Å²) in [5.74, 6) is 0.862. The molecule has 74 valence electrons. The summed E-state index contributed by atoms with van der Waals surface area (Å²) in [6.07, 6.45) is 0.983. The minimum Gasteiger partial charge on any atom is -0.338 e. The maximum Gasteiger partial charge on any atom is 0.225 e. The van der Waals surface area contributed by atoms with E-state index >= 15 is 0 Å². The molecule has 1 rings (SSSR count). The molecule has 2 heteroatoms.